The Morgan fingerprint density at radius 1 is 1.29 bits per heavy atom. The third kappa shape index (κ3) is 2.39. The van der Waals surface area contributed by atoms with Crippen molar-refractivity contribution in [1.29, 1.82) is 0 Å². The molecule has 3 heteroatoms. The second-order valence-corrected chi connectivity index (χ2v) is 4.60. The number of benzene rings is 1. The van der Waals surface area contributed by atoms with E-state index in [0.29, 0.717) is 6.04 Å². The van der Waals surface area contributed by atoms with E-state index in [9.17, 15) is 0 Å². The molecule has 0 spiro atoms. The summed E-state index contributed by atoms with van der Waals surface area (Å²) in [7, 11) is 0. The molecular weight excluding hydrogens is 210 g/mol. The second-order valence-electron chi connectivity index (χ2n) is 4.60. The van der Waals surface area contributed by atoms with E-state index in [1.54, 1.807) is 0 Å². The highest BCUT2D eigenvalue weighted by Gasteiger charge is 2.12. The van der Waals surface area contributed by atoms with Gasteiger partial charge in [0.05, 0.1) is 5.52 Å². The van der Waals surface area contributed by atoms with Gasteiger partial charge in [0.1, 0.15) is 0 Å². The Morgan fingerprint density at radius 3 is 3.18 bits per heavy atom. The summed E-state index contributed by atoms with van der Waals surface area (Å²) >= 11 is 0. The van der Waals surface area contributed by atoms with Crippen molar-refractivity contribution in [3.63, 3.8) is 0 Å². The molecule has 0 bridgehead atoms. The van der Waals surface area contributed by atoms with E-state index < -0.39 is 0 Å². The maximum absolute atomic E-state index is 4.33. The van der Waals surface area contributed by atoms with Gasteiger partial charge >= 0.3 is 0 Å². The number of nitrogens with one attached hydrogen (secondary N) is 2. The van der Waals surface area contributed by atoms with Crippen molar-refractivity contribution in [3.05, 3.63) is 36.5 Å². The lowest BCUT2D eigenvalue weighted by Gasteiger charge is -2.24. The molecule has 3 nitrogen and oxygen atoms in total. The number of fused-ring (bicyclic) bond motifs is 1. The van der Waals surface area contributed by atoms with Crippen LogP contribution in [0.5, 0.6) is 0 Å². The van der Waals surface area contributed by atoms with Crippen LogP contribution < -0.4 is 10.6 Å². The monoisotopic (exact) mass is 227 g/mol. The van der Waals surface area contributed by atoms with E-state index >= 15 is 0 Å². The molecule has 2 heterocycles. The Bertz CT molecular complexity index is 504. The number of nitrogens with zero attached hydrogens (tertiary/aromatic N) is 1. The third-order valence-electron chi connectivity index (χ3n) is 3.27. The molecule has 1 atom stereocenters. The molecule has 17 heavy (non-hydrogen) atoms. The van der Waals surface area contributed by atoms with Gasteiger partial charge in [-0.25, -0.2) is 0 Å². The minimum Gasteiger partial charge on any atom is -0.381 e. The van der Waals surface area contributed by atoms with E-state index in [1.807, 2.05) is 12.3 Å². The molecule has 1 fully saturated rings. The van der Waals surface area contributed by atoms with Gasteiger partial charge < -0.3 is 10.6 Å². The van der Waals surface area contributed by atoms with Crippen LogP contribution in [0.1, 0.15) is 12.8 Å². The Kier molecular flexibility index (Phi) is 2.92. The molecule has 0 amide bonds. The molecule has 1 unspecified atom stereocenters. The molecule has 1 aliphatic heterocycles. The first-order chi connectivity index (χ1) is 8.42. The molecule has 2 aromatic rings. The summed E-state index contributed by atoms with van der Waals surface area (Å²) in [4.78, 5) is 4.33. The molecule has 88 valence electrons. The topological polar surface area (TPSA) is 37.0 Å². The molecule has 0 saturated carbocycles. The van der Waals surface area contributed by atoms with Gasteiger partial charge in [0, 0.05) is 29.9 Å². The molecule has 3 rings (SSSR count). The molecule has 0 aliphatic carbocycles. The SMILES string of the molecule is c1cnc2ccc(NC3CCCNC3)cc2c1. The average Bonchev–Trinajstić information content (AvgIpc) is 2.40. The van der Waals surface area contributed by atoms with Crippen LogP contribution in [0.3, 0.4) is 0 Å². The summed E-state index contributed by atoms with van der Waals surface area (Å²) in [5, 5.41) is 8.20. The van der Waals surface area contributed by atoms with Gasteiger partial charge in [0.25, 0.3) is 0 Å². The highest BCUT2D eigenvalue weighted by atomic mass is 15.0. The lowest BCUT2D eigenvalue weighted by Crippen LogP contribution is -2.38. The first-order valence-electron chi connectivity index (χ1n) is 6.24. The second kappa shape index (κ2) is 4.72. The predicted octanol–water partition coefficient (Wildman–Crippen LogP) is 2.40. The lowest BCUT2D eigenvalue weighted by atomic mass is 10.1. The quantitative estimate of drug-likeness (QED) is 0.827. The van der Waals surface area contributed by atoms with Gasteiger partial charge in [0.15, 0.2) is 0 Å². The fourth-order valence-electron chi connectivity index (χ4n) is 2.38. The number of hydrogen-bond acceptors (Lipinski definition) is 3. The minimum atomic E-state index is 0.554. The summed E-state index contributed by atoms with van der Waals surface area (Å²) in [5.74, 6) is 0. The molecule has 1 aromatic carbocycles. The van der Waals surface area contributed by atoms with Crippen LogP contribution in [-0.2, 0) is 0 Å². The highest BCUT2D eigenvalue weighted by Crippen LogP contribution is 2.18. The summed E-state index contributed by atoms with van der Waals surface area (Å²) in [5.41, 5.74) is 2.25. The van der Waals surface area contributed by atoms with Crippen molar-refractivity contribution in [2.24, 2.45) is 0 Å². The summed E-state index contributed by atoms with van der Waals surface area (Å²) in [6, 6.07) is 11.0. The van der Waals surface area contributed by atoms with E-state index in [4.69, 9.17) is 0 Å². The molecule has 1 aromatic heterocycles. The normalized spacial score (nSPS) is 20.4. The summed E-state index contributed by atoms with van der Waals surface area (Å²) < 4.78 is 0. The largest absolute Gasteiger partial charge is 0.381 e. The summed E-state index contributed by atoms with van der Waals surface area (Å²) in [6.45, 7) is 2.21. The lowest BCUT2D eigenvalue weighted by molar-refractivity contribution is 0.480. The standard InChI is InChI=1S/C14H17N3/c1-3-11-9-12(5-6-14(11)16-8-1)17-13-4-2-7-15-10-13/h1,3,5-6,8-9,13,15,17H,2,4,7,10H2. The smallest absolute Gasteiger partial charge is 0.0703 e. The average molecular weight is 227 g/mol. The zero-order chi connectivity index (χ0) is 11.5. The number of aromatic nitrogens is 1. The number of anilines is 1. The van der Waals surface area contributed by atoms with Crippen molar-refractivity contribution in [2.45, 2.75) is 18.9 Å². The molecule has 1 saturated heterocycles. The van der Waals surface area contributed by atoms with Gasteiger partial charge in [-0.2, -0.15) is 0 Å². The van der Waals surface area contributed by atoms with Gasteiger partial charge in [-0.3, -0.25) is 4.98 Å². The maximum atomic E-state index is 4.33. The summed E-state index contributed by atoms with van der Waals surface area (Å²) in [6.07, 6.45) is 4.34. The van der Waals surface area contributed by atoms with Crippen molar-refractivity contribution in [1.82, 2.24) is 10.3 Å². The van der Waals surface area contributed by atoms with E-state index in [-0.39, 0.29) is 0 Å². The van der Waals surface area contributed by atoms with Crippen molar-refractivity contribution in [2.75, 3.05) is 18.4 Å². The van der Waals surface area contributed by atoms with E-state index in [1.165, 1.54) is 23.9 Å². The zero-order valence-electron chi connectivity index (χ0n) is 9.82. The fraction of sp³-hybridized carbons (Fsp3) is 0.357. The Balaban J connectivity index is 1.80. The Hall–Kier alpha value is -1.61. The molecule has 0 radical (unpaired) electrons. The molecule has 1 aliphatic rings. The Labute approximate surface area is 101 Å². The van der Waals surface area contributed by atoms with Crippen LogP contribution in [0, 0.1) is 0 Å². The highest BCUT2D eigenvalue weighted by molar-refractivity contribution is 5.82. The number of pyridine rings is 1. The third-order valence-corrected chi connectivity index (χ3v) is 3.27. The molecular formula is C14H17N3. The van der Waals surface area contributed by atoms with Gasteiger partial charge in [-0.05, 0) is 43.7 Å². The first-order valence-corrected chi connectivity index (χ1v) is 6.24. The molecule has 2 N–H and O–H groups in total. The van der Waals surface area contributed by atoms with Crippen LogP contribution in [0.25, 0.3) is 10.9 Å². The van der Waals surface area contributed by atoms with Gasteiger partial charge in [-0.15, -0.1) is 0 Å². The van der Waals surface area contributed by atoms with E-state index in [2.05, 4.69) is 39.9 Å². The first kappa shape index (κ1) is 10.5. The van der Waals surface area contributed by atoms with Gasteiger partial charge in [0.2, 0.25) is 0 Å². The van der Waals surface area contributed by atoms with Crippen molar-refractivity contribution in [3.8, 4) is 0 Å². The van der Waals surface area contributed by atoms with Crippen LogP contribution >= 0.6 is 0 Å². The van der Waals surface area contributed by atoms with Crippen LogP contribution in [0.15, 0.2) is 36.5 Å². The number of hydrogen-bond donors (Lipinski definition) is 2. The Morgan fingerprint density at radius 2 is 2.29 bits per heavy atom. The van der Waals surface area contributed by atoms with Crippen LogP contribution in [0.4, 0.5) is 5.69 Å². The number of piperidine rings is 1. The van der Waals surface area contributed by atoms with E-state index in [0.717, 1.165) is 18.6 Å². The predicted molar refractivity (Wildman–Crippen MR) is 71.3 cm³/mol. The number of rotatable bonds is 2. The van der Waals surface area contributed by atoms with Crippen LogP contribution in [0.2, 0.25) is 0 Å². The van der Waals surface area contributed by atoms with Crippen molar-refractivity contribution >= 4 is 16.6 Å². The van der Waals surface area contributed by atoms with Crippen molar-refractivity contribution < 1.29 is 0 Å². The fourth-order valence-corrected chi connectivity index (χ4v) is 2.38. The minimum absolute atomic E-state index is 0.554. The van der Waals surface area contributed by atoms with Crippen LogP contribution in [-0.4, -0.2) is 24.1 Å². The van der Waals surface area contributed by atoms with Gasteiger partial charge in [-0.1, -0.05) is 6.07 Å². The zero-order valence-corrected chi connectivity index (χ0v) is 9.82. The maximum Gasteiger partial charge on any atom is 0.0703 e.